The molecule has 0 fully saturated rings. The second-order valence-electron chi connectivity index (χ2n) is 4.53. The molecule has 0 aliphatic heterocycles. The van der Waals surface area contributed by atoms with Gasteiger partial charge in [0.05, 0.1) is 16.5 Å². The van der Waals surface area contributed by atoms with Crippen molar-refractivity contribution in [3.05, 3.63) is 22.7 Å². The monoisotopic (exact) mass is 324 g/mol. The number of benzene rings is 1. The second kappa shape index (κ2) is 6.72. The van der Waals surface area contributed by atoms with E-state index in [1.165, 1.54) is 0 Å². The minimum atomic E-state index is -4.19. The van der Waals surface area contributed by atoms with Crippen molar-refractivity contribution in [2.75, 3.05) is 19.8 Å². The van der Waals surface area contributed by atoms with Gasteiger partial charge < -0.3 is 4.90 Å². The van der Waals surface area contributed by atoms with Gasteiger partial charge in [0.2, 0.25) is 0 Å². The first-order valence-electron chi connectivity index (χ1n) is 5.82. The maximum absolute atomic E-state index is 12.3. The summed E-state index contributed by atoms with van der Waals surface area (Å²) in [4.78, 5) is 6.66. The summed E-state index contributed by atoms with van der Waals surface area (Å²) >= 11 is 6.83. The van der Waals surface area contributed by atoms with Crippen LogP contribution < -0.4 is 0 Å². The van der Waals surface area contributed by atoms with E-state index >= 15 is 0 Å². The number of thioether (sulfide) groups is 1. The van der Waals surface area contributed by atoms with E-state index in [4.69, 9.17) is 11.6 Å². The largest absolute Gasteiger partial charge is 0.398 e. The van der Waals surface area contributed by atoms with Crippen LogP contribution in [0.1, 0.15) is 12.5 Å². The van der Waals surface area contributed by atoms with Gasteiger partial charge in [-0.3, -0.25) is 0 Å². The third kappa shape index (κ3) is 5.25. The summed E-state index contributed by atoms with van der Waals surface area (Å²) in [6, 6.07) is 3.24. The van der Waals surface area contributed by atoms with E-state index < -0.39 is 11.9 Å². The van der Waals surface area contributed by atoms with Crippen LogP contribution in [0.4, 0.5) is 18.9 Å². The summed E-state index contributed by atoms with van der Waals surface area (Å²) in [6.45, 7) is 3.54. The fraction of sp³-hybridized carbons (Fsp3) is 0.462. The molecule has 0 saturated heterocycles. The van der Waals surface area contributed by atoms with Gasteiger partial charge in [0.25, 0.3) is 0 Å². The highest BCUT2D eigenvalue weighted by Gasteiger charge is 2.27. The van der Waals surface area contributed by atoms with Crippen LogP contribution in [0.25, 0.3) is 0 Å². The number of hydrogen-bond donors (Lipinski definition) is 0. The third-order valence-electron chi connectivity index (χ3n) is 2.57. The van der Waals surface area contributed by atoms with Crippen LogP contribution in [0.5, 0.6) is 0 Å². The molecule has 0 aromatic heterocycles. The van der Waals surface area contributed by atoms with Crippen LogP contribution in [0.2, 0.25) is 5.02 Å². The molecule has 0 N–H and O–H groups in total. The number of aryl methyl sites for hydroxylation is 1. The van der Waals surface area contributed by atoms with E-state index in [0.717, 1.165) is 17.6 Å². The quantitative estimate of drug-likeness (QED) is 0.446. The molecule has 0 radical (unpaired) electrons. The normalized spacial score (nSPS) is 12.7. The van der Waals surface area contributed by atoms with E-state index in [-0.39, 0.29) is 0 Å². The van der Waals surface area contributed by atoms with Crippen molar-refractivity contribution < 1.29 is 13.2 Å². The average Bonchev–Trinajstić information content (AvgIpc) is 2.29. The minimum absolute atomic E-state index is 0.431. The number of halogens is 4. The van der Waals surface area contributed by atoms with Crippen LogP contribution in [-0.2, 0) is 0 Å². The molecule has 0 amide bonds. The summed E-state index contributed by atoms with van der Waals surface area (Å²) in [7, 11) is 3.67. The summed E-state index contributed by atoms with van der Waals surface area (Å²) in [5.74, 6) is -0.201. The van der Waals surface area contributed by atoms with Crippen LogP contribution >= 0.6 is 23.4 Å². The van der Waals surface area contributed by atoms with Gasteiger partial charge >= 0.3 is 6.18 Å². The maximum atomic E-state index is 12.3. The molecule has 0 heterocycles. The lowest BCUT2D eigenvalue weighted by molar-refractivity contribution is -0.105. The first-order valence-corrected chi connectivity index (χ1v) is 7.19. The highest BCUT2D eigenvalue weighted by atomic mass is 35.5. The number of rotatable bonds is 3. The third-order valence-corrected chi connectivity index (χ3v) is 4.09. The van der Waals surface area contributed by atoms with E-state index in [2.05, 4.69) is 4.99 Å². The standard InChI is InChI=1S/C13H16ClF3N2S/c1-8-5-10(14)11(18-9(2)19(3)4)6-12(8)20-7-13(15,16)17/h5-6H,7H2,1-4H3/b18-9+. The number of alkyl halides is 3. The number of nitrogens with zero attached hydrogens (tertiary/aromatic N) is 2. The van der Waals surface area contributed by atoms with E-state index in [0.29, 0.717) is 21.2 Å². The first-order chi connectivity index (χ1) is 9.10. The molecule has 1 aromatic rings. The zero-order valence-electron chi connectivity index (χ0n) is 11.7. The van der Waals surface area contributed by atoms with Crippen LogP contribution in [0, 0.1) is 6.92 Å². The van der Waals surface area contributed by atoms with Crippen LogP contribution in [-0.4, -0.2) is 36.8 Å². The molecule has 112 valence electrons. The fourth-order valence-electron chi connectivity index (χ4n) is 1.32. The molecule has 0 spiro atoms. The molecule has 0 atom stereocenters. The van der Waals surface area contributed by atoms with Gasteiger partial charge in [-0.15, -0.1) is 11.8 Å². The van der Waals surface area contributed by atoms with Crippen molar-refractivity contribution in [2.24, 2.45) is 4.99 Å². The summed E-state index contributed by atoms with van der Waals surface area (Å²) in [5, 5.41) is 0.431. The van der Waals surface area contributed by atoms with Crippen LogP contribution in [0.3, 0.4) is 0 Å². The van der Waals surface area contributed by atoms with E-state index in [1.807, 2.05) is 14.1 Å². The molecule has 7 heteroatoms. The van der Waals surface area contributed by atoms with Gasteiger partial charge in [-0.25, -0.2) is 4.99 Å². The van der Waals surface area contributed by atoms with Crippen molar-refractivity contribution in [1.82, 2.24) is 4.90 Å². The zero-order valence-corrected chi connectivity index (χ0v) is 13.2. The number of hydrogen-bond acceptors (Lipinski definition) is 2. The number of aliphatic imine (C=N–C) groups is 1. The Bertz CT molecular complexity index is 513. The molecule has 1 aromatic carbocycles. The van der Waals surface area contributed by atoms with Crippen LogP contribution in [0.15, 0.2) is 22.0 Å². The molecule has 0 bridgehead atoms. The highest BCUT2D eigenvalue weighted by molar-refractivity contribution is 7.99. The Hall–Kier alpha value is -0.880. The predicted molar refractivity (Wildman–Crippen MR) is 79.4 cm³/mol. The summed E-state index contributed by atoms with van der Waals surface area (Å²) in [5.41, 5.74) is 1.19. The Morgan fingerprint density at radius 3 is 2.45 bits per heavy atom. The predicted octanol–water partition coefficient (Wildman–Crippen LogP) is 4.91. The van der Waals surface area contributed by atoms with Gasteiger partial charge in [0, 0.05) is 19.0 Å². The highest BCUT2D eigenvalue weighted by Crippen LogP contribution is 2.36. The van der Waals surface area contributed by atoms with Crippen molar-refractivity contribution in [3.63, 3.8) is 0 Å². The first kappa shape index (κ1) is 17.2. The maximum Gasteiger partial charge on any atom is 0.398 e. The van der Waals surface area contributed by atoms with E-state index in [9.17, 15) is 13.2 Å². The van der Waals surface area contributed by atoms with Gasteiger partial charge in [0.15, 0.2) is 0 Å². The number of amidine groups is 1. The van der Waals surface area contributed by atoms with Gasteiger partial charge in [-0.05, 0) is 31.5 Å². The minimum Gasteiger partial charge on any atom is -0.366 e. The zero-order chi connectivity index (χ0) is 15.5. The Kier molecular flexibility index (Phi) is 5.77. The molecule has 1 rings (SSSR count). The topological polar surface area (TPSA) is 15.6 Å². The van der Waals surface area contributed by atoms with Gasteiger partial charge in [-0.2, -0.15) is 13.2 Å². The SMILES string of the molecule is C/C(=N\c1cc(SCC(F)(F)F)c(C)cc1Cl)N(C)C. The Morgan fingerprint density at radius 2 is 1.95 bits per heavy atom. The Morgan fingerprint density at radius 1 is 1.35 bits per heavy atom. The van der Waals surface area contributed by atoms with Crippen molar-refractivity contribution in [3.8, 4) is 0 Å². The fourth-order valence-corrected chi connectivity index (χ4v) is 2.38. The summed E-state index contributed by atoms with van der Waals surface area (Å²) in [6.07, 6.45) is -4.19. The smallest absolute Gasteiger partial charge is 0.366 e. The average molecular weight is 325 g/mol. The van der Waals surface area contributed by atoms with Gasteiger partial charge in [0.1, 0.15) is 5.84 Å². The van der Waals surface area contributed by atoms with Crippen molar-refractivity contribution in [1.29, 1.82) is 0 Å². The molecule has 0 aliphatic rings. The summed E-state index contributed by atoms with van der Waals surface area (Å²) < 4.78 is 36.9. The molecular formula is C13H16ClF3N2S. The van der Waals surface area contributed by atoms with Crippen molar-refractivity contribution >= 4 is 34.9 Å². The molecule has 0 unspecified atom stereocenters. The molecular weight excluding hydrogens is 309 g/mol. The van der Waals surface area contributed by atoms with E-state index in [1.54, 1.807) is 30.9 Å². The Labute approximate surface area is 126 Å². The Balaban J connectivity index is 3.07. The molecule has 0 aliphatic carbocycles. The lowest BCUT2D eigenvalue weighted by Crippen LogP contribution is -2.17. The lowest BCUT2D eigenvalue weighted by atomic mass is 10.2. The second-order valence-corrected chi connectivity index (χ2v) is 5.95. The molecule has 0 saturated carbocycles. The van der Waals surface area contributed by atoms with Gasteiger partial charge in [-0.1, -0.05) is 11.6 Å². The lowest BCUT2D eigenvalue weighted by Gasteiger charge is -2.13. The molecule has 20 heavy (non-hydrogen) atoms. The molecule has 2 nitrogen and oxygen atoms in total. The van der Waals surface area contributed by atoms with Crippen molar-refractivity contribution in [2.45, 2.75) is 24.9 Å².